The van der Waals surface area contributed by atoms with Gasteiger partial charge in [-0.3, -0.25) is 0 Å². The first-order valence-corrected chi connectivity index (χ1v) is 5.32. The molecule has 0 spiro atoms. The number of oxime groups is 1. The maximum absolute atomic E-state index is 5.51. The topological polar surface area (TPSA) is 47.6 Å². The lowest BCUT2D eigenvalue weighted by Gasteiger charge is -2.25. The molecule has 1 aliphatic carbocycles. The van der Waals surface area contributed by atoms with Crippen LogP contribution in [0.4, 0.5) is 0 Å². The van der Waals surface area contributed by atoms with E-state index in [4.69, 9.17) is 10.6 Å². The van der Waals surface area contributed by atoms with Gasteiger partial charge in [-0.25, -0.2) is 0 Å². The average Bonchev–Trinajstić information content (AvgIpc) is 2.67. The summed E-state index contributed by atoms with van der Waals surface area (Å²) in [5.41, 5.74) is 6.55. The van der Waals surface area contributed by atoms with E-state index in [2.05, 4.69) is 5.16 Å². The molecule has 0 aromatic heterocycles. The van der Waals surface area contributed by atoms with E-state index in [-0.39, 0.29) is 0 Å². The Bertz CT molecular complexity index is 197. The van der Waals surface area contributed by atoms with Gasteiger partial charge in [-0.2, -0.15) is 0 Å². The van der Waals surface area contributed by atoms with Gasteiger partial charge in [-0.1, -0.05) is 24.4 Å². The summed E-state index contributed by atoms with van der Waals surface area (Å²) in [6.07, 6.45) is 8.08. The van der Waals surface area contributed by atoms with E-state index in [0.717, 1.165) is 18.1 Å². The van der Waals surface area contributed by atoms with Crippen molar-refractivity contribution in [2.75, 3.05) is 6.54 Å². The highest BCUT2D eigenvalue weighted by molar-refractivity contribution is 5.87. The molecule has 1 fully saturated rings. The highest BCUT2D eigenvalue weighted by Crippen LogP contribution is 2.31. The number of nitrogens with two attached hydrogens (primary N) is 1. The average molecular weight is 182 g/mol. The van der Waals surface area contributed by atoms with Crippen LogP contribution in [0.5, 0.6) is 0 Å². The second-order valence-corrected chi connectivity index (χ2v) is 4.11. The fourth-order valence-corrected chi connectivity index (χ4v) is 2.33. The lowest BCUT2D eigenvalue weighted by atomic mass is 9.84. The van der Waals surface area contributed by atoms with Crippen LogP contribution in [0.2, 0.25) is 0 Å². The first-order chi connectivity index (χ1) is 6.40. The molecule has 0 bridgehead atoms. The van der Waals surface area contributed by atoms with Crippen LogP contribution in [0.15, 0.2) is 5.16 Å². The Hall–Kier alpha value is -0.570. The van der Waals surface area contributed by atoms with Gasteiger partial charge in [0, 0.05) is 13.0 Å². The molecule has 1 atom stereocenters. The van der Waals surface area contributed by atoms with E-state index in [1.165, 1.54) is 32.1 Å². The molecule has 1 unspecified atom stereocenters. The fourth-order valence-electron chi connectivity index (χ4n) is 2.33. The van der Waals surface area contributed by atoms with E-state index < -0.39 is 0 Å². The van der Waals surface area contributed by atoms with Gasteiger partial charge < -0.3 is 10.6 Å². The van der Waals surface area contributed by atoms with Crippen molar-refractivity contribution in [1.82, 2.24) is 0 Å². The Labute approximate surface area is 79.3 Å². The first kappa shape index (κ1) is 9.00. The minimum Gasteiger partial charge on any atom is -0.392 e. The summed E-state index contributed by atoms with van der Waals surface area (Å²) < 4.78 is 0. The van der Waals surface area contributed by atoms with Gasteiger partial charge in [-0.05, 0) is 18.8 Å². The third-order valence-electron chi connectivity index (χ3n) is 3.17. The molecule has 2 rings (SSSR count). The molecule has 1 saturated carbocycles. The van der Waals surface area contributed by atoms with Crippen molar-refractivity contribution in [2.45, 2.75) is 44.6 Å². The zero-order chi connectivity index (χ0) is 9.10. The van der Waals surface area contributed by atoms with E-state index in [1.54, 1.807) is 0 Å². The highest BCUT2D eigenvalue weighted by Gasteiger charge is 2.29. The molecule has 0 radical (unpaired) electrons. The van der Waals surface area contributed by atoms with Crippen molar-refractivity contribution in [1.29, 1.82) is 0 Å². The zero-order valence-electron chi connectivity index (χ0n) is 8.04. The van der Waals surface area contributed by atoms with Crippen LogP contribution in [-0.4, -0.2) is 18.4 Å². The molecule has 2 N–H and O–H groups in total. The lowest BCUT2D eigenvalue weighted by Crippen LogP contribution is -2.24. The minimum atomic E-state index is 0.346. The Morgan fingerprint density at radius 3 is 2.69 bits per heavy atom. The van der Waals surface area contributed by atoms with Crippen LogP contribution in [-0.2, 0) is 4.84 Å². The molecule has 2 aliphatic rings. The molecular formula is C10H18N2O. The third-order valence-corrected chi connectivity index (χ3v) is 3.17. The molecule has 1 aliphatic heterocycles. The molecule has 0 saturated heterocycles. The predicted octanol–water partition coefficient (Wildman–Crippen LogP) is 1.67. The van der Waals surface area contributed by atoms with Crippen LogP contribution in [0.3, 0.4) is 0 Å². The van der Waals surface area contributed by atoms with Crippen LogP contribution in [0.25, 0.3) is 0 Å². The summed E-state index contributed by atoms with van der Waals surface area (Å²) >= 11 is 0. The first-order valence-electron chi connectivity index (χ1n) is 5.32. The van der Waals surface area contributed by atoms with Crippen molar-refractivity contribution in [3.05, 3.63) is 0 Å². The number of nitrogens with zero attached hydrogens (tertiary/aromatic N) is 1. The van der Waals surface area contributed by atoms with Crippen molar-refractivity contribution in [2.24, 2.45) is 16.8 Å². The van der Waals surface area contributed by atoms with Gasteiger partial charge in [0.2, 0.25) is 0 Å². The SMILES string of the molecule is NCC1=NOC(C2CCCCC2)C1. The summed E-state index contributed by atoms with van der Waals surface area (Å²) in [5.74, 6) is 0.738. The second kappa shape index (κ2) is 4.09. The summed E-state index contributed by atoms with van der Waals surface area (Å²) in [6.45, 7) is 0.559. The molecular weight excluding hydrogens is 164 g/mol. The van der Waals surface area contributed by atoms with Gasteiger partial charge >= 0.3 is 0 Å². The Morgan fingerprint density at radius 2 is 2.08 bits per heavy atom. The van der Waals surface area contributed by atoms with Crippen molar-refractivity contribution in [3.8, 4) is 0 Å². The predicted molar refractivity (Wildman–Crippen MR) is 52.6 cm³/mol. The van der Waals surface area contributed by atoms with E-state index in [0.29, 0.717) is 12.6 Å². The summed E-state index contributed by atoms with van der Waals surface area (Å²) in [5, 5.41) is 4.00. The van der Waals surface area contributed by atoms with Crippen molar-refractivity contribution < 1.29 is 4.84 Å². The van der Waals surface area contributed by atoms with Crippen molar-refractivity contribution >= 4 is 5.71 Å². The Kier molecular flexibility index (Phi) is 2.83. The molecule has 3 heteroatoms. The normalized spacial score (nSPS) is 29.9. The maximum Gasteiger partial charge on any atom is 0.135 e. The van der Waals surface area contributed by atoms with Crippen LogP contribution >= 0.6 is 0 Å². The Balaban J connectivity index is 1.83. The standard InChI is InChI=1S/C10H18N2O/c11-7-9-6-10(13-12-9)8-4-2-1-3-5-8/h8,10H,1-7,11H2. The van der Waals surface area contributed by atoms with E-state index in [9.17, 15) is 0 Å². The molecule has 0 amide bonds. The van der Waals surface area contributed by atoms with E-state index >= 15 is 0 Å². The Morgan fingerprint density at radius 1 is 1.31 bits per heavy atom. The summed E-state index contributed by atoms with van der Waals surface area (Å²) in [7, 11) is 0. The maximum atomic E-state index is 5.51. The summed E-state index contributed by atoms with van der Waals surface area (Å²) in [6, 6.07) is 0. The van der Waals surface area contributed by atoms with Gasteiger partial charge in [0.05, 0.1) is 5.71 Å². The minimum absolute atomic E-state index is 0.346. The van der Waals surface area contributed by atoms with Crippen LogP contribution < -0.4 is 5.73 Å². The molecule has 13 heavy (non-hydrogen) atoms. The van der Waals surface area contributed by atoms with Gasteiger partial charge in [0.15, 0.2) is 0 Å². The smallest absolute Gasteiger partial charge is 0.135 e. The highest BCUT2D eigenvalue weighted by atomic mass is 16.6. The fraction of sp³-hybridized carbons (Fsp3) is 0.900. The van der Waals surface area contributed by atoms with Crippen LogP contribution in [0, 0.1) is 5.92 Å². The monoisotopic (exact) mass is 182 g/mol. The van der Waals surface area contributed by atoms with Crippen molar-refractivity contribution in [3.63, 3.8) is 0 Å². The largest absolute Gasteiger partial charge is 0.392 e. The molecule has 3 nitrogen and oxygen atoms in total. The van der Waals surface area contributed by atoms with E-state index in [1.807, 2.05) is 0 Å². The molecule has 0 aromatic carbocycles. The van der Waals surface area contributed by atoms with Gasteiger partial charge in [0.1, 0.15) is 6.10 Å². The zero-order valence-corrected chi connectivity index (χ0v) is 8.04. The second-order valence-electron chi connectivity index (χ2n) is 4.11. The number of hydrogen-bond donors (Lipinski definition) is 1. The van der Waals surface area contributed by atoms with Crippen LogP contribution in [0.1, 0.15) is 38.5 Å². The lowest BCUT2D eigenvalue weighted by molar-refractivity contribution is 0.0268. The summed E-state index contributed by atoms with van der Waals surface area (Å²) in [4.78, 5) is 5.40. The molecule has 74 valence electrons. The van der Waals surface area contributed by atoms with Gasteiger partial charge in [-0.15, -0.1) is 0 Å². The third kappa shape index (κ3) is 2.02. The quantitative estimate of drug-likeness (QED) is 0.706. The van der Waals surface area contributed by atoms with Gasteiger partial charge in [0.25, 0.3) is 0 Å². The molecule has 1 heterocycles. The number of rotatable bonds is 2. The molecule has 0 aromatic rings. The number of hydrogen-bond acceptors (Lipinski definition) is 3.